The highest BCUT2D eigenvalue weighted by Gasteiger charge is 2.33. The van der Waals surface area contributed by atoms with Crippen molar-refractivity contribution < 1.29 is 4.74 Å². The molecule has 4 rings (SSSR count). The number of imidazole rings is 1. The highest BCUT2D eigenvalue weighted by Crippen LogP contribution is 2.40. The highest BCUT2D eigenvalue weighted by molar-refractivity contribution is 5.70. The molecule has 2 aromatic heterocycles. The summed E-state index contributed by atoms with van der Waals surface area (Å²) < 4.78 is 7.82. The smallest absolute Gasteiger partial charge is 0.198 e. The number of benzene rings is 1. The molecule has 0 amide bonds. The molecule has 3 aromatic rings. The van der Waals surface area contributed by atoms with E-state index in [2.05, 4.69) is 9.97 Å². The lowest BCUT2D eigenvalue weighted by molar-refractivity contribution is 0.138. The standard InChI is InChI=1S/C14H12N4O/c15-12-9-4-1-2-6-11(9)19-14(12)18-8-17-10-5-3-7-16-13(10)18/h1-8,12,14H,15H2. The topological polar surface area (TPSA) is 66.0 Å². The van der Waals surface area contributed by atoms with Crippen LogP contribution in [0.1, 0.15) is 17.8 Å². The molecule has 0 bridgehead atoms. The highest BCUT2D eigenvalue weighted by atomic mass is 16.5. The molecule has 1 aliphatic heterocycles. The summed E-state index contributed by atoms with van der Waals surface area (Å²) in [6.45, 7) is 0. The summed E-state index contributed by atoms with van der Waals surface area (Å²) in [4.78, 5) is 8.67. The molecule has 94 valence electrons. The van der Waals surface area contributed by atoms with Crippen molar-refractivity contribution in [2.75, 3.05) is 0 Å². The lowest BCUT2D eigenvalue weighted by atomic mass is 10.1. The number of nitrogens with two attached hydrogens (primary N) is 1. The van der Waals surface area contributed by atoms with E-state index in [0.717, 1.165) is 22.5 Å². The van der Waals surface area contributed by atoms with Crippen LogP contribution in [0.2, 0.25) is 0 Å². The molecule has 1 aromatic carbocycles. The second kappa shape index (κ2) is 3.80. The molecule has 0 aliphatic carbocycles. The van der Waals surface area contributed by atoms with Gasteiger partial charge < -0.3 is 10.5 Å². The van der Waals surface area contributed by atoms with Crippen molar-refractivity contribution >= 4 is 11.2 Å². The van der Waals surface area contributed by atoms with Crippen molar-refractivity contribution in [1.82, 2.24) is 14.5 Å². The zero-order valence-corrected chi connectivity index (χ0v) is 10.1. The maximum absolute atomic E-state index is 6.27. The number of para-hydroxylation sites is 1. The number of fused-ring (bicyclic) bond motifs is 2. The summed E-state index contributed by atoms with van der Waals surface area (Å²) in [5, 5.41) is 0. The Hall–Kier alpha value is -2.40. The Morgan fingerprint density at radius 2 is 2.00 bits per heavy atom. The van der Waals surface area contributed by atoms with Crippen LogP contribution >= 0.6 is 0 Å². The van der Waals surface area contributed by atoms with Gasteiger partial charge in [-0.2, -0.15) is 0 Å². The Labute approximate surface area is 109 Å². The summed E-state index contributed by atoms with van der Waals surface area (Å²) in [6.07, 6.45) is 3.18. The van der Waals surface area contributed by atoms with Crippen LogP contribution in [-0.4, -0.2) is 14.5 Å². The van der Waals surface area contributed by atoms with Crippen LogP contribution in [0.5, 0.6) is 5.75 Å². The van der Waals surface area contributed by atoms with Crippen LogP contribution < -0.4 is 10.5 Å². The van der Waals surface area contributed by atoms with Gasteiger partial charge in [-0.05, 0) is 18.2 Å². The minimum absolute atomic E-state index is 0.212. The third-order valence-electron chi connectivity index (χ3n) is 3.44. The quantitative estimate of drug-likeness (QED) is 0.719. The van der Waals surface area contributed by atoms with Crippen LogP contribution in [0.3, 0.4) is 0 Å². The van der Waals surface area contributed by atoms with Gasteiger partial charge in [-0.25, -0.2) is 9.97 Å². The first-order chi connectivity index (χ1) is 9.34. The van der Waals surface area contributed by atoms with E-state index in [1.807, 2.05) is 41.0 Å². The van der Waals surface area contributed by atoms with Gasteiger partial charge in [0.05, 0.1) is 6.04 Å². The van der Waals surface area contributed by atoms with Gasteiger partial charge in [0.2, 0.25) is 0 Å². The number of pyridine rings is 1. The molecule has 2 N–H and O–H groups in total. The third-order valence-corrected chi connectivity index (χ3v) is 3.44. The van der Waals surface area contributed by atoms with Crippen LogP contribution in [0.25, 0.3) is 11.2 Å². The normalized spacial score (nSPS) is 21.3. The molecular formula is C14H12N4O. The fourth-order valence-electron chi connectivity index (χ4n) is 2.50. The van der Waals surface area contributed by atoms with Gasteiger partial charge in [0.1, 0.15) is 17.6 Å². The number of hydrogen-bond acceptors (Lipinski definition) is 4. The predicted octanol–water partition coefficient (Wildman–Crippen LogP) is 2.02. The van der Waals surface area contributed by atoms with Crippen LogP contribution in [0.4, 0.5) is 0 Å². The van der Waals surface area contributed by atoms with Gasteiger partial charge in [0, 0.05) is 11.8 Å². The van der Waals surface area contributed by atoms with Crippen molar-refractivity contribution in [1.29, 1.82) is 0 Å². The predicted molar refractivity (Wildman–Crippen MR) is 70.6 cm³/mol. The largest absolute Gasteiger partial charge is 0.468 e. The summed E-state index contributed by atoms with van der Waals surface area (Å²) in [7, 11) is 0. The number of aromatic nitrogens is 3. The minimum Gasteiger partial charge on any atom is -0.468 e. The first-order valence-electron chi connectivity index (χ1n) is 6.13. The average Bonchev–Trinajstić information content (AvgIpc) is 3.01. The van der Waals surface area contributed by atoms with Crippen LogP contribution in [-0.2, 0) is 0 Å². The molecule has 1 aliphatic rings. The van der Waals surface area contributed by atoms with Crippen molar-refractivity contribution in [3.8, 4) is 5.75 Å². The van der Waals surface area contributed by atoms with Gasteiger partial charge >= 0.3 is 0 Å². The zero-order valence-electron chi connectivity index (χ0n) is 10.1. The molecular weight excluding hydrogens is 240 g/mol. The SMILES string of the molecule is NC1c2ccccc2OC1n1cnc2cccnc21. The molecule has 3 heterocycles. The van der Waals surface area contributed by atoms with E-state index < -0.39 is 0 Å². The monoisotopic (exact) mass is 252 g/mol. The molecule has 2 unspecified atom stereocenters. The molecule has 0 saturated carbocycles. The van der Waals surface area contributed by atoms with E-state index in [1.54, 1.807) is 12.5 Å². The number of nitrogens with zero attached hydrogens (tertiary/aromatic N) is 3. The molecule has 5 nitrogen and oxygen atoms in total. The van der Waals surface area contributed by atoms with Crippen LogP contribution in [0.15, 0.2) is 48.9 Å². The van der Waals surface area contributed by atoms with E-state index in [4.69, 9.17) is 10.5 Å². The van der Waals surface area contributed by atoms with Gasteiger partial charge in [0.15, 0.2) is 11.9 Å². The number of hydrogen-bond donors (Lipinski definition) is 1. The van der Waals surface area contributed by atoms with E-state index in [-0.39, 0.29) is 12.3 Å². The second-order valence-electron chi connectivity index (χ2n) is 4.57. The Bertz CT molecular complexity index is 752. The van der Waals surface area contributed by atoms with Gasteiger partial charge in [-0.1, -0.05) is 18.2 Å². The Balaban J connectivity index is 1.83. The van der Waals surface area contributed by atoms with Gasteiger partial charge in [-0.15, -0.1) is 0 Å². The van der Waals surface area contributed by atoms with E-state index in [1.165, 1.54) is 0 Å². The molecule has 0 saturated heterocycles. The first kappa shape index (κ1) is 10.5. The third kappa shape index (κ3) is 1.45. The fraction of sp³-hybridized carbons (Fsp3) is 0.143. The zero-order chi connectivity index (χ0) is 12.8. The van der Waals surface area contributed by atoms with Gasteiger partial charge in [0.25, 0.3) is 0 Å². The molecule has 2 atom stereocenters. The van der Waals surface area contributed by atoms with E-state index in [9.17, 15) is 0 Å². The summed E-state index contributed by atoms with van der Waals surface area (Å²) in [5.74, 6) is 0.831. The maximum Gasteiger partial charge on any atom is 0.198 e. The Kier molecular flexibility index (Phi) is 2.10. The van der Waals surface area contributed by atoms with E-state index >= 15 is 0 Å². The number of ether oxygens (including phenoxy) is 1. The summed E-state index contributed by atoms with van der Waals surface area (Å²) in [5.41, 5.74) is 8.92. The molecule has 0 spiro atoms. The Morgan fingerprint density at radius 1 is 1.11 bits per heavy atom. The minimum atomic E-state index is -0.294. The summed E-state index contributed by atoms with van der Waals surface area (Å²) >= 11 is 0. The van der Waals surface area contributed by atoms with Crippen molar-refractivity contribution in [3.63, 3.8) is 0 Å². The lowest BCUT2D eigenvalue weighted by Crippen LogP contribution is -2.23. The molecule has 5 heteroatoms. The molecule has 0 fully saturated rings. The average molecular weight is 252 g/mol. The van der Waals surface area contributed by atoms with Crippen molar-refractivity contribution in [2.24, 2.45) is 5.73 Å². The lowest BCUT2D eigenvalue weighted by Gasteiger charge is -2.17. The Morgan fingerprint density at radius 3 is 2.89 bits per heavy atom. The maximum atomic E-state index is 6.27. The van der Waals surface area contributed by atoms with Crippen LogP contribution in [0, 0.1) is 0 Å². The van der Waals surface area contributed by atoms with Crippen molar-refractivity contribution in [2.45, 2.75) is 12.3 Å². The number of rotatable bonds is 1. The fourth-order valence-corrected chi connectivity index (χ4v) is 2.50. The molecule has 19 heavy (non-hydrogen) atoms. The van der Waals surface area contributed by atoms with Crippen molar-refractivity contribution in [3.05, 3.63) is 54.5 Å². The molecule has 0 radical (unpaired) electrons. The second-order valence-corrected chi connectivity index (χ2v) is 4.57. The van der Waals surface area contributed by atoms with E-state index in [0.29, 0.717) is 0 Å². The first-order valence-corrected chi connectivity index (χ1v) is 6.13. The van der Waals surface area contributed by atoms with Gasteiger partial charge in [-0.3, -0.25) is 4.57 Å². The summed E-state index contributed by atoms with van der Waals surface area (Å²) in [6, 6.07) is 11.4.